The van der Waals surface area contributed by atoms with Crippen molar-refractivity contribution in [1.82, 2.24) is 10.3 Å². The zero-order valence-corrected chi connectivity index (χ0v) is 13.6. The summed E-state index contributed by atoms with van der Waals surface area (Å²) in [6.07, 6.45) is 3.12. The van der Waals surface area contributed by atoms with Gasteiger partial charge in [0.05, 0.1) is 25.8 Å². The van der Waals surface area contributed by atoms with E-state index in [4.69, 9.17) is 9.47 Å². The minimum Gasteiger partial charge on any atom is -0.507 e. The Morgan fingerprint density at radius 1 is 1.16 bits per heavy atom. The molecule has 1 aromatic heterocycles. The number of benzene rings is 1. The summed E-state index contributed by atoms with van der Waals surface area (Å²) in [5, 5.41) is 13.2. The van der Waals surface area contributed by atoms with Gasteiger partial charge in [0.25, 0.3) is 11.7 Å². The van der Waals surface area contributed by atoms with Gasteiger partial charge in [-0.05, 0) is 29.8 Å². The van der Waals surface area contributed by atoms with Gasteiger partial charge >= 0.3 is 0 Å². The van der Waals surface area contributed by atoms with Gasteiger partial charge in [-0.3, -0.25) is 14.6 Å². The fourth-order valence-corrected chi connectivity index (χ4v) is 2.70. The third-order valence-corrected chi connectivity index (χ3v) is 3.94. The lowest BCUT2D eigenvalue weighted by Crippen LogP contribution is -2.21. The van der Waals surface area contributed by atoms with E-state index >= 15 is 0 Å². The van der Waals surface area contributed by atoms with E-state index in [0.717, 1.165) is 0 Å². The summed E-state index contributed by atoms with van der Waals surface area (Å²) in [5.74, 6) is -0.954. The number of nitrogens with one attached hydrogen (secondary N) is 1. The summed E-state index contributed by atoms with van der Waals surface area (Å²) in [4.78, 5) is 28.1. The molecule has 0 saturated carbocycles. The molecule has 1 atom stereocenters. The lowest BCUT2D eigenvalue weighted by atomic mass is 9.97. The number of aromatic nitrogens is 1. The van der Waals surface area contributed by atoms with Gasteiger partial charge in [-0.1, -0.05) is 6.07 Å². The van der Waals surface area contributed by atoms with Gasteiger partial charge in [0.15, 0.2) is 11.5 Å². The van der Waals surface area contributed by atoms with Crippen LogP contribution in [0.1, 0.15) is 17.2 Å². The van der Waals surface area contributed by atoms with Crippen molar-refractivity contribution in [3.05, 3.63) is 59.4 Å². The van der Waals surface area contributed by atoms with Crippen molar-refractivity contribution >= 4 is 17.4 Å². The quantitative estimate of drug-likeness (QED) is 0.500. The highest BCUT2D eigenvalue weighted by molar-refractivity contribution is 6.46. The van der Waals surface area contributed by atoms with Gasteiger partial charge in [-0.2, -0.15) is 0 Å². The van der Waals surface area contributed by atoms with E-state index in [-0.39, 0.29) is 11.3 Å². The smallest absolute Gasteiger partial charge is 0.293 e. The van der Waals surface area contributed by atoms with Gasteiger partial charge in [0, 0.05) is 18.0 Å². The van der Waals surface area contributed by atoms with E-state index in [1.165, 1.54) is 26.5 Å². The Balaban J connectivity index is 2.12. The number of rotatable bonds is 4. The molecule has 7 nitrogen and oxygen atoms in total. The molecule has 1 fully saturated rings. The Morgan fingerprint density at radius 3 is 2.56 bits per heavy atom. The largest absolute Gasteiger partial charge is 0.507 e. The number of ether oxygens (including phenoxy) is 2. The van der Waals surface area contributed by atoms with Crippen LogP contribution < -0.4 is 14.8 Å². The van der Waals surface area contributed by atoms with E-state index in [1.807, 2.05) is 0 Å². The first kappa shape index (κ1) is 16.5. The minimum absolute atomic E-state index is 0.0229. The van der Waals surface area contributed by atoms with Gasteiger partial charge in [0.1, 0.15) is 5.76 Å². The van der Waals surface area contributed by atoms with Crippen LogP contribution in [0.3, 0.4) is 0 Å². The number of hydrogen-bond donors (Lipinski definition) is 2. The molecule has 2 aromatic rings. The summed E-state index contributed by atoms with van der Waals surface area (Å²) in [6.45, 7) is 0. The van der Waals surface area contributed by atoms with Crippen LogP contribution in [0, 0.1) is 0 Å². The van der Waals surface area contributed by atoms with E-state index in [2.05, 4.69) is 10.3 Å². The molecule has 0 aliphatic carbocycles. The molecule has 0 radical (unpaired) electrons. The summed E-state index contributed by atoms with van der Waals surface area (Å²) in [6, 6.07) is 7.38. The van der Waals surface area contributed by atoms with Crippen LogP contribution in [0.2, 0.25) is 0 Å². The molecule has 0 bridgehead atoms. The van der Waals surface area contributed by atoms with Crippen molar-refractivity contribution in [3.8, 4) is 11.5 Å². The number of methoxy groups -OCH3 is 2. The first-order chi connectivity index (χ1) is 12.1. The Labute approximate surface area is 143 Å². The summed E-state index contributed by atoms with van der Waals surface area (Å²) in [5.41, 5.74) is 0.917. The van der Waals surface area contributed by atoms with E-state index in [0.29, 0.717) is 22.6 Å². The van der Waals surface area contributed by atoms with Crippen molar-refractivity contribution < 1.29 is 24.2 Å². The van der Waals surface area contributed by atoms with Crippen molar-refractivity contribution in [2.75, 3.05) is 14.2 Å². The van der Waals surface area contributed by atoms with E-state index < -0.39 is 17.7 Å². The Hall–Kier alpha value is -3.35. The molecule has 2 heterocycles. The predicted octanol–water partition coefficient (Wildman–Crippen LogP) is 1.81. The average Bonchev–Trinajstić information content (AvgIpc) is 2.96. The number of carbonyl (C=O) groups excluding carboxylic acids is 2. The third-order valence-electron chi connectivity index (χ3n) is 3.94. The highest BCUT2D eigenvalue weighted by Gasteiger charge is 2.39. The Bertz CT molecular complexity index is 861. The van der Waals surface area contributed by atoms with Crippen molar-refractivity contribution in [1.29, 1.82) is 0 Å². The van der Waals surface area contributed by atoms with Gasteiger partial charge < -0.3 is 19.9 Å². The molecule has 2 N–H and O–H groups in total. The number of amides is 1. The summed E-state index contributed by atoms with van der Waals surface area (Å²) >= 11 is 0. The van der Waals surface area contributed by atoms with Crippen LogP contribution >= 0.6 is 0 Å². The number of aliphatic hydroxyl groups is 1. The van der Waals surface area contributed by atoms with Crippen molar-refractivity contribution in [2.45, 2.75) is 6.04 Å². The van der Waals surface area contributed by atoms with Crippen LogP contribution in [0.5, 0.6) is 11.5 Å². The van der Waals surface area contributed by atoms with E-state index in [9.17, 15) is 14.7 Å². The second-order valence-electron chi connectivity index (χ2n) is 5.35. The van der Waals surface area contributed by atoms with Crippen molar-refractivity contribution in [2.24, 2.45) is 0 Å². The maximum absolute atomic E-state index is 12.3. The zero-order valence-electron chi connectivity index (χ0n) is 13.6. The standard InChI is InChI=1S/C18H16N2O5/c1-24-12-6-5-10(8-13(12)25-2)16(21)14-15(20-18(23)17(14)22)11-4-3-7-19-9-11/h3-9,15,21H,1-2H3,(H,20,23)/b16-14-. The van der Waals surface area contributed by atoms with Gasteiger partial charge in [-0.25, -0.2) is 0 Å². The molecule has 25 heavy (non-hydrogen) atoms. The first-order valence-corrected chi connectivity index (χ1v) is 7.47. The first-order valence-electron chi connectivity index (χ1n) is 7.47. The number of pyridine rings is 1. The van der Waals surface area contributed by atoms with Gasteiger partial charge in [0.2, 0.25) is 0 Å². The fraction of sp³-hybridized carbons (Fsp3) is 0.167. The topological polar surface area (TPSA) is 97.8 Å². The summed E-state index contributed by atoms with van der Waals surface area (Å²) < 4.78 is 10.4. The molecule has 0 spiro atoms. The van der Waals surface area contributed by atoms with E-state index in [1.54, 1.807) is 30.5 Å². The number of carbonyl (C=O) groups is 2. The maximum atomic E-state index is 12.3. The van der Waals surface area contributed by atoms with Crippen LogP contribution in [0.15, 0.2) is 48.3 Å². The van der Waals surface area contributed by atoms with Crippen LogP contribution in [0.25, 0.3) is 5.76 Å². The Kier molecular flexibility index (Phi) is 4.38. The average molecular weight is 340 g/mol. The van der Waals surface area contributed by atoms with Crippen molar-refractivity contribution in [3.63, 3.8) is 0 Å². The Morgan fingerprint density at radius 2 is 1.92 bits per heavy atom. The molecule has 3 rings (SSSR count). The lowest BCUT2D eigenvalue weighted by Gasteiger charge is -2.14. The predicted molar refractivity (Wildman–Crippen MR) is 89.2 cm³/mol. The molecule has 7 heteroatoms. The number of nitrogens with zero attached hydrogens (tertiary/aromatic N) is 1. The molecular formula is C18H16N2O5. The molecule has 1 amide bonds. The molecule has 128 valence electrons. The van der Waals surface area contributed by atoms with Gasteiger partial charge in [-0.15, -0.1) is 0 Å². The lowest BCUT2D eigenvalue weighted by molar-refractivity contribution is -0.133. The fourth-order valence-electron chi connectivity index (χ4n) is 2.70. The molecular weight excluding hydrogens is 324 g/mol. The normalized spacial score (nSPS) is 18.7. The monoisotopic (exact) mass is 340 g/mol. The molecule has 1 aliphatic rings. The maximum Gasteiger partial charge on any atom is 0.293 e. The van der Waals surface area contributed by atoms with Crippen LogP contribution in [0.4, 0.5) is 0 Å². The number of ketones is 1. The second kappa shape index (κ2) is 6.64. The summed E-state index contributed by atoms with van der Waals surface area (Å²) in [7, 11) is 2.97. The number of Topliss-reactive ketones (excluding diaryl/α,β-unsaturated/α-hetero) is 1. The third kappa shape index (κ3) is 2.91. The number of hydrogen-bond acceptors (Lipinski definition) is 6. The van der Waals surface area contributed by atoms with Crippen LogP contribution in [-0.2, 0) is 9.59 Å². The zero-order chi connectivity index (χ0) is 18.0. The molecule has 1 unspecified atom stereocenters. The highest BCUT2D eigenvalue weighted by Crippen LogP contribution is 2.35. The minimum atomic E-state index is -0.777. The highest BCUT2D eigenvalue weighted by atomic mass is 16.5. The number of aliphatic hydroxyl groups excluding tert-OH is 1. The molecule has 1 aliphatic heterocycles. The van der Waals surface area contributed by atoms with Crippen LogP contribution in [-0.4, -0.2) is 36.0 Å². The molecule has 1 saturated heterocycles. The SMILES string of the molecule is COc1ccc(/C(O)=C2/C(=O)C(=O)NC2c2cccnc2)cc1OC. The molecule has 1 aromatic carbocycles. The second-order valence-corrected chi connectivity index (χ2v) is 5.35.